The Labute approximate surface area is 150 Å². The first-order valence-electron chi connectivity index (χ1n) is 7.94. The molecular formula is C20H15ClN2O2. The molecule has 3 aromatic carbocycles. The number of carbonyl (C=O) groups excluding carboxylic acids is 2. The van der Waals surface area contributed by atoms with Crippen LogP contribution in [0, 0.1) is 6.92 Å². The predicted octanol–water partition coefficient (Wildman–Crippen LogP) is 4.40. The second-order valence-electron chi connectivity index (χ2n) is 6.08. The van der Waals surface area contributed by atoms with Gasteiger partial charge < -0.3 is 5.32 Å². The van der Waals surface area contributed by atoms with Gasteiger partial charge in [0.1, 0.15) is 6.54 Å². The van der Waals surface area contributed by atoms with Gasteiger partial charge in [0.2, 0.25) is 5.91 Å². The molecule has 0 unspecified atom stereocenters. The van der Waals surface area contributed by atoms with E-state index in [1.165, 1.54) is 4.90 Å². The summed E-state index contributed by atoms with van der Waals surface area (Å²) in [5.41, 5.74) is 2.97. The van der Waals surface area contributed by atoms with Gasteiger partial charge >= 0.3 is 0 Å². The Morgan fingerprint density at radius 2 is 1.88 bits per heavy atom. The number of nitrogens with one attached hydrogen (secondary N) is 1. The van der Waals surface area contributed by atoms with E-state index in [1.807, 2.05) is 43.3 Å². The summed E-state index contributed by atoms with van der Waals surface area (Å²) in [5, 5.41) is 5.29. The van der Waals surface area contributed by atoms with Gasteiger partial charge in [-0.2, -0.15) is 0 Å². The molecule has 0 atom stereocenters. The molecule has 0 bridgehead atoms. The summed E-state index contributed by atoms with van der Waals surface area (Å²) in [4.78, 5) is 26.6. The number of benzene rings is 3. The smallest absolute Gasteiger partial charge is 0.259 e. The fourth-order valence-corrected chi connectivity index (χ4v) is 3.33. The monoisotopic (exact) mass is 350 g/mol. The highest BCUT2D eigenvalue weighted by atomic mass is 35.5. The van der Waals surface area contributed by atoms with E-state index in [0.29, 0.717) is 16.3 Å². The molecule has 0 aromatic heterocycles. The van der Waals surface area contributed by atoms with E-state index >= 15 is 0 Å². The molecule has 0 aliphatic carbocycles. The minimum Gasteiger partial charge on any atom is -0.324 e. The Hall–Kier alpha value is -2.85. The SMILES string of the molecule is Cc1ccc(NC(=O)CN2C(=O)c3cccc4cccc2c34)cc1Cl. The van der Waals surface area contributed by atoms with Crippen LogP contribution in [-0.4, -0.2) is 18.4 Å². The van der Waals surface area contributed by atoms with Crippen molar-refractivity contribution in [2.45, 2.75) is 6.92 Å². The molecule has 1 aliphatic heterocycles. The minimum atomic E-state index is -0.266. The van der Waals surface area contributed by atoms with E-state index in [2.05, 4.69) is 5.32 Å². The Kier molecular flexibility index (Phi) is 3.70. The summed E-state index contributed by atoms with van der Waals surface area (Å²) >= 11 is 6.09. The van der Waals surface area contributed by atoms with E-state index < -0.39 is 0 Å². The zero-order chi connectivity index (χ0) is 17.6. The van der Waals surface area contributed by atoms with Crippen LogP contribution in [0.25, 0.3) is 10.8 Å². The molecule has 0 saturated heterocycles. The topological polar surface area (TPSA) is 49.4 Å². The summed E-state index contributed by atoms with van der Waals surface area (Å²) in [5.74, 6) is -0.415. The molecule has 0 radical (unpaired) electrons. The second kappa shape index (κ2) is 5.90. The Balaban J connectivity index is 1.59. The molecule has 1 N–H and O–H groups in total. The lowest BCUT2D eigenvalue weighted by atomic mass is 10.1. The molecule has 0 saturated carbocycles. The summed E-state index contributed by atoms with van der Waals surface area (Å²) < 4.78 is 0. The third-order valence-corrected chi connectivity index (χ3v) is 4.81. The van der Waals surface area contributed by atoms with Crippen LogP contribution in [0.2, 0.25) is 5.02 Å². The highest BCUT2D eigenvalue weighted by Crippen LogP contribution is 2.36. The van der Waals surface area contributed by atoms with Gasteiger partial charge in [0, 0.05) is 21.7 Å². The number of halogens is 1. The minimum absolute atomic E-state index is 0.0435. The molecule has 1 aliphatic rings. The van der Waals surface area contributed by atoms with Gasteiger partial charge in [-0.25, -0.2) is 0 Å². The molecule has 1 heterocycles. The van der Waals surface area contributed by atoms with Crippen LogP contribution < -0.4 is 10.2 Å². The van der Waals surface area contributed by atoms with Crippen molar-refractivity contribution in [1.29, 1.82) is 0 Å². The fourth-order valence-electron chi connectivity index (χ4n) is 3.15. The van der Waals surface area contributed by atoms with Gasteiger partial charge in [0.05, 0.1) is 5.69 Å². The van der Waals surface area contributed by atoms with Crippen LogP contribution in [0.4, 0.5) is 11.4 Å². The number of nitrogens with zero attached hydrogens (tertiary/aromatic N) is 1. The number of carbonyl (C=O) groups is 2. The van der Waals surface area contributed by atoms with Crippen molar-refractivity contribution in [1.82, 2.24) is 0 Å². The molecule has 4 nitrogen and oxygen atoms in total. The van der Waals surface area contributed by atoms with E-state index in [-0.39, 0.29) is 18.4 Å². The van der Waals surface area contributed by atoms with Crippen molar-refractivity contribution in [3.63, 3.8) is 0 Å². The average molecular weight is 351 g/mol. The first-order chi connectivity index (χ1) is 12.0. The predicted molar refractivity (Wildman–Crippen MR) is 100 cm³/mol. The lowest BCUT2D eigenvalue weighted by Gasteiger charge is -2.17. The number of anilines is 2. The van der Waals surface area contributed by atoms with E-state index in [4.69, 9.17) is 11.6 Å². The van der Waals surface area contributed by atoms with Crippen LogP contribution in [0.1, 0.15) is 15.9 Å². The van der Waals surface area contributed by atoms with Crippen LogP contribution in [-0.2, 0) is 4.79 Å². The van der Waals surface area contributed by atoms with Crippen molar-refractivity contribution in [3.05, 3.63) is 70.7 Å². The zero-order valence-corrected chi connectivity index (χ0v) is 14.3. The molecular weight excluding hydrogens is 336 g/mol. The quantitative estimate of drug-likeness (QED) is 0.761. The number of aryl methyl sites for hydroxylation is 1. The van der Waals surface area contributed by atoms with Gasteiger partial charge in [-0.15, -0.1) is 0 Å². The summed E-state index contributed by atoms with van der Waals surface area (Å²) in [6.07, 6.45) is 0. The van der Waals surface area contributed by atoms with Crippen molar-refractivity contribution in [2.24, 2.45) is 0 Å². The maximum absolute atomic E-state index is 12.7. The van der Waals surface area contributed by atoms with E-state index in [1.54, 1.807) is 18.2 Å². The largest absolute Gasteiger partial charge is 0.324 e. The molecule has 0 fully saturated rings. The number of hydrogen-bond donors (Lipinski definition) is 1. The van der Waals surface area contributed by atoms with Crippen molar-refractivity contribution in [2.75, 3.05) is 16.8 Å². The van der Waals surface area contributed by atoms with Crippen molar-refractivity contribution < 1.29 is 9.59 Å². The van der Waals surface area contributed by atoms with Crippen molar-refractivity contribution >= 4 is 45.6 Å². The summed E-state index contributed by atoms with van der Waals surface area (Å²) in [6, 6.07) is 16.7. The highest BCUT2D eigenvalue weighted by Gasteiger charge is 2.30. The summed E-state index contributed by atoms with van der Waals surface area (Å²) in [7, 11) is 0. The normalized spacial score (nSPS) is 12.7. The van der Waals surface area contributed by atoms with Crippen molar-refractivity contribution in [3.8, 4) is 0 Å². The van der Waals surface area contributed by atoms with E-state index in [9.17, 15) is 9.59 Å². The highest BCUT2D eigenvalue weighted by molar-refractivity contribution is 6.31. The molecule has 2 amide bonds. The molecule has 3 aromatic rings. The van der Waals surface area contributed by atoms with Gasteiger partial charge in [0.25, 0.3) is 5.91 Å². The maximum atomic E-state index is 12.7. The standard InChI is InChI=1S/C20H15ClN2O2/c1-12-8-9-14(10-16(12)21)22-18(24)11-23-17-7-3-5-13-4-2-6-15(19(13)17)20(23)25/h2-10H,11H2,1H3,(H,22,24). The van der Waals surface area contributed by atoms with E-state index in [0.717, 1.165) is 22.0 Å². The zero-order valence-electron chi connectivity index (χ0n) is 13.5. The van der Waals surface area contributed by atoms with Gasteiger partial charge in [-0.05, 0) is 42.1 Å². The Morgan fingerprint density at radius 3 is 2.64 bits per heavy atom. The average Bonchev–Trinajstić information content (AvgIpc) is 2.86. The third-order valence-electron chi connectivity index (χ3n) is 4.41. The Bertz CT molecular complexity index is 1020. The molecule has 4 rings (SSSR count). The van der Waals surface area contributed by atoms with Crippen LogP contribution in [0.3, 0.4) is 0 Å². The van der Waals surface area contributed by atoms with Crippen LogP contribution in [0.15, 0.2) is 54.6 Å². The maximum Gasteiger partial charge on any atom is 0.259 e. The van der Waals surface area contributed by atoms with Gasteiger partial charge in [0.15, 0.2) is 0 Å². The fraction of sp³-hybridized carbons (Fsp3) is 0.100. The lowest BCUT2D eigenvalue weighted by molar-refractivity contribution is -0.114. The molecule has 124 valence electrons. The van der Waals surface area contributed by atoms with Gasteiger partial charge in [-0.3, -0.25) is 14.5 Å². The Morgan fingerprint density at radius 1 is 1.12 bits per heavy atom. The number of hydrogen-bond acceptors (Lipinski definition) is 2. The first kappa shape index (κ1) is 15.7. The number of amides is 2. The van der Waals surface area contributed by atoms with Crippen LogP contribution >= 0.6 is 11.6 Å². The lowest BCUT2D eigenvalue weighted by Crippen LogP contribution is -2.35. The number of rotatable bonds is 3. The summed E-state index contributed by atoms with van der Waals surface area (Å²) in [6.45, 7) is 1.85. The van der Waals surface area contributed by atoms with Gasteiger partial charge in [-0.1, -0.05) is 41.9 Å². The third kappa shape index (κ3) is 2.65. The van der Waals surface area contributed by atoms with Crippen LogP contribution in [0.5, 0.6) is 0 Å². The first-order valence-corrected chi connectivity index (χ1v) is 8.32. The second-order valence-corrected chi connectivity index (χ2v) is 6.49. The molecule has 25 heavy (non-hydrogen) atoms. The molecule has 0 spiro atoms. The molecule has 5 heteroatoms.